The molecule has 0 saturated carbocycles. The Hall–Kier alpha value is -0.480. The third-order valence-corrected chi connectivity index (χ3v) is 6.72. The normalized spacial score (nSPS) is 21.3. The number of carboxylic acid groups (broad SMARTS) is 1. The van der Waals surface area contributed by atoms with Crippen LogP contribution in [0.15, 0.2) is 14.7 Å². The van der Waals surface area contributed by atoms with Gasteiger partial charge in [0.15, 0.2) is 0 Å². The molecule has 1 aromatic heterocycles. The fourth-order valence-corrected chi connectivity index (χ4v) is 5.55. The van der Waals surface area contributed by atoms with Gasteiger partial charge in [0, 0.05) is 13.1 Å². The zero-order valence-corrected chi connectivity index (χ0v) is 12.3. The summed E-state index contributed by atoms with van der Waals surface area (Å²) >= 11 is 3.93. The van der Waals surface area contributed by atoms with Crippen LogP contribution in [0.1, 0.15) is 16.1 Å². The van der Waals surface area contributed by atoms with Gasteiger partial charge in [0.25, 0.3) is 0 Å². The van der Waals surface area contributed by atoms with E-state index in [9.17, 15) is 18.3 Å². The summed E-state index contributed by atoms with van der Waals surface area (Å²) in [4.78, 5) is 10.7. The molecule has 1 saturated heterocycles. The SMILES string of the molecule is O=C(O)c1cc(S(=O)(=O)N2CC[C@@H](O)C2)c(Br)s1. The minimum absolute atomic E-state index is 0.0415. The average molecular weight is 356 g/mol. The van der Waals surface area contributed by atoms with E-state index >= 15 is 0 Å². The van der Waals surface area contributed by atoms with E-state index in [1.165, 1.54) is 0 Å². The molecule has 2 rings (SSSR count). The lowest BCUT2D eigenvalue weighted by molar-refractivity contribution is 0.0702. The zero-order valence-electron chi connectivity index (χ0n) is 9.04. The van der Waals surface area contributed by atoms with E-state index in [1.807, 2.05) is 0 Å². The molecule has 0 unspecified atom stereocenters. The number of sulfonamides is 1. The van der Waals surface area contributed by atoms with Crippen LogP contribution in [0.3, 0.4) is 0 Å². The standard InChI is InChI=1S/C9H10BrNO5S2/c10-8-7(3-6(17-8)9(13)14)18(15,16)11-2-1-5(12)4-11/h3,5,12H,1-2,4H2,(H,13,14)/t5-/m1/s1. The van der Waals surface area contributed by atoms with Crippen LogP contribution in [0.2, 0.25) is 0 Å². The number of nitrogens with zero attached hydrogens (tertiary/aromatic N) is 1. The van der Waals surface area contributed by atoms with E-state index in [-0.39, 0.29) is 26.6 Å². The van der Waals surface area contributed by atoms with Crippen molar-refractivity contribution in [1.82, 2.24) is 4.31 Å². The van der Waals surface area contributed by atoms with Crippen LogP contribution in [-0.2, 0) is 10.0 Å². The van der Waals surface area contributed by atoms with Gasteiger partial charge in [0.2, 0.25) is 10.0 Å². The topological polar surface area (TPSA) is 94.9 Å². The predicted molar refractivity (Wildman–Crippen MR) is 68.4 cm³/mol. The third-order valence-electron chi connectivity index (χ3n) is 2.61. The molecule has 1 aliphatic heterocycles. The molecule has 2 heterocycles. The molecular weight excluding hydrogens is 346 g/mol. The number of hydrogen-bond acceptors (Lipinski definition) is 5. The molecule has 1 aliphatic rings. The lowest BCUT2D eigenvalue weighted by Crippen LogP contribution is -2.29. The fraction of sp³-hybridized carbons (Fsp3) is 0.444. The molecule has 18 heavy (non-hydrogen) atoms. The van der Waals surface area contributed by atoms with E-state index < -0.39 is 22.1 Å². The maximum absolute atomic E-state index is 12.2. The summed E-state index contributed by atoms with van der Waals surface area (Å²) in [7, 11) is -3.74. The number of halogens is 1. The summed E-state index contributed by atoms with van der Waals surface area (Å²) in [6, 6.07) is 1.14. The maximum atomic E-state index is 12.2. The number of carboxylic acids is 1. The van der Waals surface area contributed by atoms with Gasteiger partial charge in [-0.15, -0.1) is 11.3 Å². The van der Waals surface area contributed by atoms with Crippen LogP contribution in [0, 0.1) is 0 Å². The first kappa shape index (κ1) is 13.9. The van der Waals surface area contributed by atoms with Gasteiger partial charge in [-0.25, -0.2) is 13.2 Å². The third kappa shape index (κ3) is 2.45. The van der Waals surface area contributed by atoms with Crippen LogP contribution in [0.5, 0.6) is 0 Å². The lowest BCUT2D eigenvalue weighted by Gasteiger charge is -2.14. The summed E-state index contributed by atoms with van der Waals surface area (Å²) in [6.45, 7) is 0.293. The van der Waals surface area contributed by atoms with Gasteiger partial charge in [-0.05, 0) is 28.4 Å². The second-order valence-electron chi connectivity index (χ2n) is 3.86. The maximum Gasteiger partial charge on any atom is 0.345 e. The second-order valence-corrected chi connectivity index (χ2v) is 8.14. The Morgan fingerprint density at radius 3 is 2.67 bits per heavy atom. The Morgan fingerprint density at radius 1 is 1.56 bits per heavy atom. The number of hydrogen-bond donors (Lipinski definition) is 2. The molecule has 1 atom stereocenters. The summed E-state index contributed by atoms with van der Waals surface area (Å²) in [5, 5.41) is 18.2. The molecule has 1 aromatic rings. The van der Waals surface area contributed by atoms with Crippen molar-refractivity contribution in [2.24, 2.45) is 0 Å². The number of aliphatic hydroxyl groups is 1. The Morgan fingerprint density at radius 2 is 2.22 bits per heavy atom. The molecule has 0 aromatic carbocycles. The largest absolute Gasteiger partial charge is 0.477 e. The molecule has 9 heteroatoms. The van der Waals surface area contributed by atoms with Crippen molar-refractivity contribution < 1.29 is 23.4 Å². The molecule has 0 radical (unpaired) electrons. The van der Waals surface area contributed by atoms with Crippen molar-refractivity contribution in [2.45, 2.75) is 17.4 Å². The van der Waals surface area contributed by atoms with Crippen molar-refractivity contribution in [1.29, 1.82) is 0 Å². The van der Waals surface area contributed by atoms with E-state index in [4.69, 9.17) is 5.11 Å². The monoisotopic (exact) mass is 355 g/mol. The molecular formula is C9H10BrNO5S2. The van der Waals surface area contributed by atoms with Gasteiger partial charge in [-0.2, -0.15) is 4.31 Å². The van der Waals surface area contributed by atoms with Crippen molar-refractivity contribution in [2.75, 3.05) is 13.1 Å². The molecule has 6 nitrogen and oxygen atoms in total. The van der Waals surface area contributed by atoms with Gasteiger partial charge >= 0.3 is 5.97 Å². The number of rotatable bonds is 3. The van der Waals surface area contributed by atoms with Gasteiger partial charge in [-0.1, -0.05) is 0 Å². The van der Waals surface area contributed by atoms with Crippen molar-refractivity contribution in [3.8, 4) is 0 Å². The van der Waals surface area contributed by atoms with Gasteiger partial charge < -0.3 is 10.2 Å². The first-order chi connectivity index (χ1) is 8.32. The van der Waals surface area contributed by atoms with E-state index in [0.29, 0.717) is 6.42 Å². The van der Waals surface area contributed by atoms with Crippen molar-refractivity contribution in [3.63, 3.8) is 0 Å². The molecule has 100 valence electrons. The van der Waals surface area contributed by atoms with Gasteiger partial charge in [0.05, 0.1) is 9.89 Å². The smallest absolute Gasteiger partial charge is 0.345 e. The first-order valence-corrected chi connectivity index (χ1v) is 8.08. The van der Waals surface area contributed by atoms with Gasteiger partial charge in [-0.3, -0.25) is 0 Å². The Kier molecular flexibility index (Phi) is 3.79. The minimum atomic E-state index is -3.74. The van der Waals surface area contributed by atoms with E-state index in [0.717, 1.165) is 21.7 Å². The summed E-state index contributed by atoms with van der Waals surface area (Å²) in [6.07, 6.45) is -0.261. The van der Waals surface area contributed by atoms with Crippen LogP contribution in [0.25, 0.3) is 0 Å². The summed E-state index contributed by atoms with van der Waals surface area (Å²) in [5.41, 5.74) is 0. The lowest BCUT2D eigenvalue weighted by atomic mass is 10.3. The second kappa shape index (κ2) is 4.89. The summed E-state index contributed by atoms with van der Waals surface area (Å²) < 4.78 is 25.9. The molecule has 2 N–H and O–H groups in total. The quantitative estimate of drug-likeness (QED) is 0.841. The highest BCUT2D eigenvalue weighted by molar-refractivity contribution is 9.11. The van der Waals surface area contributed by atoms with Crippen molar-refractivity contribution >= 4 is 43.3 Å². The molecule has 0 amide bonds. The van der Waals surface area contributed by atoms with Crippen LogP contribution >= 0.6 is 27.3 Å². The number of thiophene rings is 1. The summed E-state index contributed by atoms with van der Waals surface area (Å²) in [5.74, 6) is -1.16. The first-order valence-electron chi connectivity index (χ1n) is 5.03. The minimum Gasteiger partial charge on any atom is -0.477 e. The van der Waals surface area contributed by atoms with Crippen LogP contribution in [-0.4, -0.2) is 48.1 Å². The molecule has 0 bridgehead atoms. The number of aliphatic hydroxyl groups excluding tert-OH is 1. The van der Waals surface area contributed by atoms with E-state index in [1.54, 1.807) is 0 Å². The Labute approximate surface area is 116 Å². The number of β-amino-alcohol motifs (C(OH)–C–C–N with tert-alkyl or cyclic N) is 1. The van der Waals surface area contributed by atoms with E-state index in [2.05, 4.69) is 15.9 Å². The zero-order chi connectivity index (χ0) is 13.5. The Bertz CT molecular complexity index is 582. The Balaban J connectivity index is 2.38. The van der Waals surface area contributed by atoms with Crippen molar-refractivity contribution in [3.05, 3.63) is 14.7 Å². The van der Waals surface area contributed by atoms with Crippen LogP contribution in [0.4, 0.5) is 0 Å². The molecule has 0 spiro atoms. The predicted octanol–water partition coefficient (Wildman–Crippen LogP) is 0.964. The number of aromatic carboxylic acids is 1. The highest BCUT2D eigenvalue weighted by atomic mass is 79.9. The fourth-order valence-electron chi connectivity index (χ4n) is 1.70. The van der Waals surface area contributed by atoms with Gasteiger partial charge in [0.1, 0.15) is 9.77 Å². The molecule has 0 aliphatic carbocycles. The number of carbonyl (C=O) groups is 1. The molecule has 1 fully saturated rings. The van der Waals surface area contributed by atoms with Crippen LogP contribution < -0.4 is 0 Å². The highest BCUT2D eigenvalue weighted by Crippen LogP contribution is 2.34. The average Bonchev–Trinajstić information content (AvgIpc) is 2.85. The highest BCUT2D eigenvalue weighted by Gasteiger charge is 2.34.